The molecule has 10 heteroatoms. The lowest BCUT2D eigenvalue weighted by Crippen LogP contribution is -2.49. The van der Waals surface area contributed by atoms with Gasteiger partial charge in [-0.25, -0.2) is 13.9 Å². The molecule has 3 aromatic heterocycles. The smallest absolute Gasteiger partial charge is 0.331 e. The Morgan fingerprint density at radius 1 is 1.23 bits per heavy atom. The predicted molar refractivity (Wildman–Crippen MR) is 152 cm³/mol. The number of hydrogen-bond acceptors (Lipinski definition) is 6. The third-order valence-electron chi connectivity index (χ3n) is 7.85. The van der Waals surface area contributed by atoms with Crippen molar-refractivity contribution in [1.29, 1.82) is 0 Å². The Kier molecular flexibility index (Phi) is 7.16. The van der Waals surface area contributed by atoms with E-state index in [1.54, 1.807) is 67.8 Å². The minimum absolute atomic E-state index is 0.0153. The summed E-state index contributed by atoms with van der Waals surface area (Å²) in [6.07, 6.45) is 1.48. The first-order chi connectivity index (χ1) is 18.4. The first-order valence-corrected chi connectivity index (χ1v) is 14.1. The fourth-order valence-electron chi connectivity index (χ4n) is 4.64. The van der Waals surface area contributed by atoms with Crippen molar-refractivity contribution in [1.82, 2.24) is 19.5 Å². The molecule has 0 spiro atoms. The maximum atomic E-state index is 15.2. The van der Waals surface area contributed by atoms with Crippen LogP contribution in [0, 0.1) is 5.82 Å². The lowest BCUT2D eigenvalue weighted by Gasteiger charge is -2.37. The van der Waals surface area contributed by atoms with Gasteiger partial charge >= 0.3 is 7.48 Å². The fraction of sp³-hybridized carbons (Fsp3) is 0.414. The van der Waals surface area contributed by atoms with Crippen molar-refractivity contribution < 1.29 is 18.9 Å². The van der Waals surface area contributed by atoms with Crippen LogP contribution >= 0.6 is 11.3 Å². The van der Waals surface area contributed by atoms with E-state index < -0.39 is 17.0 Å². The molecule has 0 saturated carbocycles. The van der Waals surface area contributed by atoms with Crippen LogP contribution in [0.5, 0.6) is 0 Å². The minimum Gasteiger partial charge on any atom is -0.427 e. The van der Waals surface area contributed by atoms with Crippen LogP contribution in [-0.4, -0.2) is 55.7 Å². The third-order valence-corrected chi connectivity index (χ3v) is 8.85. The van der Waals surface area contributed by atoms with E-state index in [0.29, 0.717) is 41.0 Å². The molecule has 4 heterocycles. The summed E-state index contributed by atoms with van der Waals surface area (Å²) in [6.45, 7) is 11.6. The molecule has 203 valence electrons. The van der Waals surface area contributed by atoms with Gasteiger partial charge in [0, 0.05) is 28.7 Å². The Balaban J connectivity index is 1.42. The quantitative estimate of drug-likeness (QED) is 0.339. The van der Waals surface area contributed by atoms with Crippen LogP contribution in [-0.2, 0) is 17.5 Å². The molecule has 1 amide bonds. The van der Waals surface area contributed by atoms with E-state index in [0.717, 1.165) is 12.1 Å². The van der Waals surface area contributed by atoms with Crippen molar-refractivity contribution in [3.8, 4) is 11.3 Å². The van der Waals surface area contributed by atoms with Crippen molar-refractivity contribution >= 4 is 35.8 Å². The van der Waals surface area contributed by atoms with Crippen molar-refractivity contribution in [2.75, 3.05) is 6.54 Å². The highest BCUT2D eigenvalue weighted by Crippen LogP contribution is 2.34. The fourth-order valence-corrected chi connectivity index (χ4v) is 5.60. The van der Waals surface area contributed by atoms with Gasteiger partial charge in [0.2, 0.25) is 0 Å². The molecule has 39 heavy (non-hydrogen) atoms. The van der Waals surface area contributed by atoms with E-state index in [9.17, 15) is 9.90 Å². The van der Waals surface area contributed by atoms with Crippen LogP contribution < -0.4 is 5.46 Å². The zero-order chi connectivity index (χ0) is 28.1. The number of halogens is 1. The largest absolute Gasteiger partial charge is 0.427 e. The highest BCUT2D eigenvalue weighted by molar-refractivity contribution is 7.10. The number of aliphatic hydroxyl groups is 1. The summed E-state index contributed by atoms with van der Waals surface area (Å²) in [5.41, 5.74) is 2.23. The van der Waals surface area contributed by atoms with Gasteiger partial charge in [0.1, 0.15) is 11.5 Å². The van der Waals surface area contributed by atoms with E-state index in [1.165, 1.54) is 24.0 Å². The van der Waals surface area contributed by atoms with Crippen molar-refractivity contribution in [2.45, 2.75) is 71.6 Å². The molecule has 1 atom stereocenters. The Morgan fingerprint density at radius 2 is 2.00 bits per heavy atom. The van der Waals surface area contributed by atoms with Crippen LogP contribution in [0.1, 0.15) is 74.2 Å². The number of aromatic nitrogens is 3. The van der Waals surface area contributed by atoms with Crippen molar-refractivity contribution in [3.05, 3.63) is 69.4 Å². The van der Waals surface area contributed by atoms with Crippen LogP contribution in [0.4, 0.5) is 4.39 Å². The van der Waals surface area contributed by atoms with Gasteiger partial charge in [0.05, 0.1) is 22.9 Å². The molecule has 0 aliphatic carbocycles. The molecule has 0 saturated heterocycles. The summed E-state index contributed by atoms with van der Waals surface area (Å²) in [5.74, 6) is -0.570. The Hall–Kier alpha value is -3.08. The standard InChI is InChI=1S/C29H33BFN4O3S/c1-7-19-15-24(27(36)34-12-10-25-20(17(34)2)11-13-39-25)32-26-16-23(33-35(19)26)21-9-8-18(14-22(21)31)30-38-29(5,6)28(3,4)37/h8-9,11,13-17,37H,7,10,12H2,1-6H3. The van der Waals surface area contributed by atoms with Gasteiger partial charge in [-0.05, 0) is 76.6 Å². The zero-order valence-corrected chi connectivity index (χ0v) is 24.0. The molecule has 1 unspecified atom stereocenters. The number of amides is 1. The number of aryl methyl sites for hydroxylation is 1. The SMILES string of the molecule is CCc1cc(C(=O)N2CCc3sccc3C2C)nc2cc(-c3ccc([B]OC(C)(C)C(C)(C)O)cc3F)nn12. The van der Waals surface area contributed by atoms with Gasteiger partial charge in [0.15, 0.2) is 5.65 Å². The summed E-state index contributed by atoms with van der Waals surface area (Å²) >= 11 is 1.74. The second kappa shape index (κ2) is 10.2. The van der Waals surface area contributed by atoms with Crippen LogP contribution in [0.15, 0.2) is 41.8 Å². The molecule has 5 rings (SSSR count). The average Bonchev–Trinajstić information content (AvgIpc) is 3.54. The van der Waals surface area contributed by atoms with Gasteiger partial charge in [0.25, 0.3) is 5.91 Å². The Labute approximate surface area is 232 Å². The van der Waals surface area contributed by atoms with E-state index in [4.69, 9.17) is 4.65 Å². The number of benzene rings is 1. The summed E-state index contributed by atoms with van der Waals surface area (Å²) in [4.78, 5) is 21.4. The minimum atomic E-state index is -1.08. The van der Waals surface area contributed by atoms with Crippen LogP contribution in [0.25, 0.3) is 16.9 Å². The van der Waals surface area contributed by atoms with E-state index in [2.05, 4.69) is 28.5 Å². The number of carbonyl (C=O) groups excluding carboxylic acids is 1. The van der Waals surface area contributed by atoms with Gasteiger partial charge in [-0.1, -0.05) is 24.5 Å². The van der Waals surface area contributed by atoms with Crippen LogP contribution in [0.2, 0.25) is 0 Å². The molecular weight excluding hydrogens is 514 g/mol. The molecule has 4 aromatic rings. The summed E-state index contributed by atoms with van der Waals surface area (Å²) in [7, 11) is 1.45. The molecule has 1 aliphatic rings. The molecule has 1 radical (unpaired) electrons. The van der Waals surface area contributed by atoms with E-state index >= 15 is 4.39 Å². The average molecular weight is 547 g/mol. The Morgan fingerprint density at radius 3 is 2.69 bits per heavy atom. The molecule has 1 aliphatic heterocycles. The van der Waals surface area contributed by atoms with Crippen LogP contribution in [0.3, 0.4) is 0 Å². The maximum absolute atomic E-state index is 15.2. The van der Waals surface area contributed by atoms with E-state index in [1.807, 2.05) is 11.8 Å². The molecule has 0 bridgehead atoms. The number of hydrogen-bond donors (Lipinski definition) is 1. The number of rotatable bonds is 7. The second-order valence-corrected chi connectivity index (χ2v) is 12.1. The van der Waals surface area contributed by atoms with Gasteiger partial charge in [-0.3, -0.25) is 4.79 Å². The summed E-state index contributed by atoms with van der Waals surface area (Å²) in [5, 5.41) is 17.0. The Bertz CT molecular complexity index is 1540. The lowest BCUT2D eigenvalue weighted by atomic mass is 9.82. The zero-order valence-electron chi connectivity index (χ0n) is 23.2. The molecule has 1 aromatic carbocycles. The third kappa shape index (κ3) is 5.13. The summed E-state index contributed by atoms with van der Waals surface area (Å²) in [6, 6.07) is 10.3. The molecule has 7 nitrogen and oxygen atoms in total. The van der Waals surface area contributed by atoms with Crippen molar-refractivity contribution in [3.63, 3.8) is 0 Å². The first-order valence-electron chi connectivity index (χ1n) is 13.2. The van der Waals surface area contributed by atoms with Gasteiger partial charge in [-0.2, -0.15) is 5.10 Å². The predicted octanol–water partition coefficient (Wildman–Crippen LogP) is 4.73. The molecular formula is C29H33BFN4O3S. The molecule has 0 fully saturated rings. The number of carbonyl (C=O) groups is 1. The topological polar surface area (TPSA) is 80.0 Å². The molecule has 1 N–H and O–H groups in total. The maximum Gasteiger partial charge on any atom is 0.331 e. The lowest BCUT2D eigenvalue weighted by molar-refractivity contribution is -0.0893. The highest BCUT2D eigenvalue weighted by atomic mass is 32.1. The highest BCUT2D eigenvalue weighted by Gasteiger charge is 2.36. The van der Waals surface area contributed by atoms with Crippen molar-refractivity contribution in [2.24, 2.45) is 0 Å². The second-order valence-electron chi connectivity index (χ2n) is 11.1. The van der Waals surface area contributed by atoms with Gasteiger partial charge in [-0.15, -0.1) is 11.3 Å². The van der Waals surface area contributed by atoms with Gasteiger partial charge < -0.3 is 14.7 Å². The number of nitrogens with zero attached hydrogens (tertiary/aromatic N) is 4. The normalized spacial score (nSPS) is 16.0. The van der Waals surface area contributed by atoms with E-state index in [-0.39, 0.29) is 11.9 Å². The first kappa shape index (κ1) is 27.5. The monoisotopic (exact) mass is 547 g/mol. The number of thiophene rings is 1. The number of fused-ring (bicyclic) bond motifs is 2. The summed E-state index contributed by atoms with van der Waals surface area (Å²) < 4.78 is 22.7.